The summed E-state index contributed by atoms with van der Waals surface area (Å²) in [6, 6.07) is 3.64. The van der Waals surface area contributed by atoms with E-state index in [-0.39, 0.29) is 11.3 Å². The predicted octanol–water partition coefficient (Wildman–Crippen LogP) is 3.14. The fourth-order valence-corrected chi connectivity index (χ4v) is 2.02. The van der Waals surface area contributed by atoms with Crippen LogP contribution in [0.25, 0.3) is 0 Å². The van der Waals surface area contributed by atoms with E-state index in [9.17, 15) is 4.79 Å². The molecule has 0 atom stereocenters. The molecule has 1 aromatic rings. The largest absolute Gasteiger partial charge is 0.493 e. The molecule has 1 N–H and O–H groups in total. The fraction of sp³-hybridized carbons (Fsp3) is 0.562. The van der Waals surface area contributed by atoms with Gasteiger partial charge in [-0.1, -0.05) is 27.7 Å². The Labute approximate surface area is 121 Å². The molecule has 1 amide bonds. The summed E-state index contributed by atoms with van der Waals surface area (Å²) in [5.41, 5.74) is 1.44. The summed E-state index contributed by atoms with van der Waals surface area (Å²) in [4.78, 5) is 12.3. The molecule has 112 valence electrons. The van der Waals surface area contributed by atoms with Gasteiger partial charge in [-0.05, 0) is 29.5 Å². The van der Waals surface area contributed by atoms with Crippen LogP contribution in [-0.2, 0) is 5.41 Å². The highest BCUT2D eigenvalue weighted by Crippen LogP contribution is 2.36. The van der Waals surface area contributed by atoms with Crippen molar-refractivity contribution in [2.24, 2.45) is 0 Å². The fourth-order valence-electron chi connectivity index (χ4n) is 2.02. The number of benzene rings is 1. The van der Waals surface area contributed by atoms with Crippen molar-refractivity contribution in [1.29, 1.82) is 0 Å². The molecule has 0 aliphatic carbocycles. The summed E-state index contributed by atoms with van der Waals surface area (Å²) < 4.78 is 10.6. The molecular formula is C16H25NO3. The van der Waals surface area contributed by atoms with E-state index in [1.807, 2.05) is 13.0 Å². The molecule has 0 spiro atoms. The molecule has 0 unspecified atom stereocenters. The van der Waals surface area contributed by atoms with Crippen LogP contribution in [0.5, 0.6) is 11.5 Å². The topological polar surface area (TPSA) is 47.6 Å². The number of hydrogen-bond donors (Lipinski definition) is 1. The number of amides is 1. The lowest BCUT2D eigenvalue weighted by molar-refractivity contribution is 0.0951. The van der Waals surface area contributed by atoms with Crippen molar-refractivity contribution in [1.82, 2.24) is 5.32 Å². The zero-order valence-electron chi connectivity index (χ0n) is 13.3. The molecule has 0 aromatic heterocycles. The third-order valence-electron chi connectivity index (χ3n) is 3.11. The minimum atomic E-state index is -0.154. The number of carbonyl (C=O) groups excluding carboxylic acids is 1. The van der Waals surface area contributed by atoms with Crippen molar-refractivity contribution < 1.29 is 14.3 Å². The third kappa shape index (κ3) is 3.65. The Kier molecular flexibility index (Phi) is 5.43. The first-order valence-corrected chi connectivity index (χ1v) is 6.89. The van der Waals surface area contributed by atoms with E-state index in [1.54, 1.807) is 20.3 Å². The van der Waals surface area contributed by atoms with Gasteiger partial charge in [0.25, 0.3) is 5.91 Å². The molecule has 0 bridgehead atoms. The maximum atomic E-state index is 12.3. The number of ether oxygens (including phenoxy) is 2. The van der Waals surface area contributed by atoms with E-state index < -0.39 is 0 Å². The monoisotopic (exact) mass is 279 g/mol. The molecule has 1 aromatic carbocycles. The summed E-state index contributed by atoms with van der Waals surface area (Å²) in [5.74, 6) is 1.14. The van der Waals surface area contributed by atoms with Crippen molar-refractivity contribution >= 4 is 5.91 Å². The van der Waals surface area contributed by atoms with Crippen LogP contribution in [0.2, 0.25) is 0 Å². The van der Waals surface area contributed by atoms with Crippen LogP contribution >= 0.6 is 0 Å². The molecule has 0 radical (unpaired) electrons. The second-order valence-electron chi connectivity index (χ2n) is 5.76. The molecule has 0 saturated carbocycles. The molecule has 0 saturated heterocycles. The number of carbonyl (C=O) groups is 1. The highest BCUT2D eigenvalue weighted by Gasteiger charge is 2.24. The summed E-state index contributed by atoms with van der Waals surface area (Å²) in [6.07, 6.45) is 0.907. The average Bonchev–Trinajstić information content (AvgIpc) is 2.42. The second kappa shape index (κ2) is 6.64. The van der Waals surface area contributed by atoms with Crippen LogP contribution in [0.3, 0.4) is 0 Å². The second-order valence-corrected chi connectivity index (χ2v) is 5.76. The minimum absolute atomic E-state index is 0.0715. The maximum Gasteiger partial charge on any atom is 0.251 e. The van der Waals surface area contributed by atoms with E-state index >= 15 is 0 Å². The van der Waals surface area contributed by atoms with Gasteiger partial charge in [-0.15, -0.1) is 0 Å². The quantitative estimate of drug-likeness (QED) is 0.900. The Morgan fingerprint density at radius 3 is 2.15 bits per heavy atom. The number of methoxy groups -OCH3 is 2. The van der Waals surface area contributed by atoms with Crippen molar-refractivity contribution in [3.05, 3.63) is 23.3 Å². The highest BCUT2D eigenvalue weighted by molar-refractivity contribution is 5.96. The molecule has 1 rings (SSSR count). The Morgan fingerprint density at radius 1 is 1.15 bits per heavy atom. The SMILES string of the molecule is CCCNC(=O)c1cc(OC)c(OC)cc1C(C)(C)C. The van der Waals surface area contributed by atoms with Gasteiger partial charge in [0, 0.05) is 12.1 Å². The van der Waals surface area contributed by atoms with Gasteiger partial charge < -0.3 is 14.8 Å². The van der Waals surface area contributed by atoms with Gasteiger partial charge >= 0.3 is 0 Å². The van der Waals surface area contributed by atoms with E-state index in [1.165, 1.54) is 0 Å². The van der Waals surface area contributed by atoms with Crippen LogP contribution < -0.4 is 14.8 Å². The van der Waals surface area contributed by atoms with Gasteiger partial charge in [0.2, 0.25) is 0 Å². The lowest BCUT2D eigenvalue weighted by Gasteiger charge is -2.24. The molecule has 4 heteroatoms. The highest BCUT2D eigenvalue weighted by atomic mass is 16.5. The van der Waals surface area contributed by atoms with Crippen LogP contribution in [-0.4, -0.2) is 26.7 Å². The van der Waals surface area contributed by atoms with Gasteiger partial charge in [0.05, 0.1) is 14.2 Å². The number of hydrogen-bond acceptors (Lipinski definition) is 3. The summed E-state index contributed by atoms with van der Waals surface area (Å²) >= 11 is 0. The predicted molar refractivity (Wildman–Crippen MR) is 80.9 cm³/mol. The zero-order valence-corrected chi connectivity index (χ0v) is 13.3. The molecule has 0 aliphatic heterocycles. The molecule has 4 nitrogen and oxygen atoms in total. The molecular weight excluding hydrogens is 254 g/mol. The molecule has 0 heterocycles. The van der Waals surface area contributed by atoms with E-state index in [4.69, 9.17) is 9.47 Å². The van der Waals surface area contributed by atoms with Crippen molar-refractivity contribution in [3.63, 3.8) is 0 Å². The standard InChI is InChI=1S/C16H25NO3/c1-7-8-17-15(18)11-9-13(19-5)14(20-6)10-12(11)16(2,3)4/h9-10H,7-8H2,1-6H3,(H,17,18). The number of nitrogens with one attached hydrogen (secondary N) is 1. The summed E-state index contributed by atoms with van der Waals surface area (Å²) in [7, 11) is 3.17. The van der Waals surface area contributed by atoms with Crippen molar-refractivity contribution in [3.8, 4) is 11.5 Å². The first-order valence-electron chi connectivity index (χ1n) is 6.89. The van der Waals surface area contributed by atoms with Gasteiger partial charge in [-0.25, -0.2) is 0 Å². The van der Waals surface area contributed by atoms with Crippen LogP contribution in [0.4, 0.5) is 0 Å². The molecule has 20 heavy (non-hydrogen) atoms. The van der Waals surface area contributed by atoms with Crippen LogP contribution in [0.1, 0.15) is 50.0 Å². The van der Waals surface area contributed by atoms with E-state index in [0.29, 0.717) is 23.6 Å². The van der Waals surface area contributed by atoms with Crippen molar-refractivity contribution in [2.45, 2.75) is 39.5 Å². The normalized spacial score (nSPS) is 11.1. The minimum Gasteiger partial charge on any atom is -0.493 e. The average molecular weight is 279 g/mol. The maximum absolute atomic E-state index is 12.3. The molecule has 0 fully saturated rings. The van der Waals surface area contributed by atoms with Crippen LogP contribution in [0.15, 0.2) is 12.1 Å². The Morgan fingerprint density at radius 2 is 1.70 bits per heavy atom. The Balaban J connectivity index is 3.35. The van der Waals surface area contributed by atoms with Gasteiger partial charge in [-0.3, -0.25) is 4.79 Å². The Hall–Kier alpha value is -1.71. The van der Waals surface area contributed by atoms with Gasteiger partial charge in [-0.2, -0.15) is 0 Å². The molecule has 0 aliphatic rings. The summed E-state index contributed by atoms with van der Waals surface area (Å²) in [5, 5.41) is 2.91. The number of rotatable bonds is 5. The zero-order chi connectivity index (χ0) is 15.3. The smallest absolute Gasteiger partial charge is 0.251 e. The summed E-state index contributed by atoms with van der Waals surface area (Å²) in [6.45, 7) is 8.91. The van der Waals surface area contributed by atoms with Gasteiger partial charge in [0.15, 0.2) is 11.5 Å². The van der Waals surface area contributed by atoms with Crippen LogP contribution in [0, 0.1) is 0 Å². The van der Waals surface area contributed by atoms with Gasteiger partial charge in [0.1, 0.15) is 0 Å². The third-order valence-corrected chi connectivity index (χ3v) is 3.11. The Bertz CT molecular complexity index is 475. The first-order chi connectivity index (χ1) is 9.35. The van der Waals surface area contributed by atoms with Crippen molar-refractivity contribution in [2.75, 3.05) is 20.8 Å². The first kappa shape index (κ1) is 16.3. The van der Waals surface area contributed by atoms with E-state index in [2.05, 4.69) is 26.1 Å². The lowest BCUT2D eigenvalue weighted by Crippen LogP contribution is -2.28. The lowest BCUT2D eigenvalue weighted by atomic mass is 9.83. The van der Waals surface area contributed by atoms with E-state index in [0.717, 1.165) is 12.0 Å².